The molecule has 0 bridgehead atoms. The van der Waals surface area contributed by atoms with Crippen molar-refractivity contribution in [2.75, 3.05) is 0 Å². The molecule has 8 heteroatoms. The van der Waals surface area contributed by atoms with Crippen LogP contribution in [0.15, 0.2) is 151 Å². The average molecular weight is 623 g/mol. The largest absolute Gasteiger partial charge is 0.489 e. The van der Waals surface area contributed by atoms with E-state index >= 15 is 0 Å². The number of ether oxygens (including phenoxy) is 3. The van der Waals surface area contributed by atoms with Gasteiger partial charge in [-0.1, -0.05) is 78.9 Å². The van der Waals surface area contributed by atoms with E-state index in [2.05, 4.69) is 10.5 Å². The van der Waals surface area contributed by atoms with Gasteiger partial charge in [-0.25, -0.2) is 10.1 Å². The van der Waals surface area contributed by atoms with Crippen molar-refractivity contribution >= 4 is 12.1 Å². The smallest absolute Gasteiger partial charge is 0.280 e. The zero-order chi connectivity index (χ0) is 32.3. The van der Waals surface area contributed by atoms with Crippen molar-refractivity contribution in [2.24, 2.45) is 5.10 Å². The Morgan fingerprint density at radius 2 is 1.23 bits per heavy atom. The van der Waals surface area contributed by atoms with Crippen molar-refractivity contribution in [3.8, 4) is 34.2 Å². The highest BCUT2D eigenvalue weighted by Gasteiger charge is 2.15. The number of rotatable bonds is 13. The fraction of sp³-hybridized carbons (Fsp3) is 0.103. The topological polar surface area (TPSA) is 87.0 Å². The Labute approximate surface area is 273 Å². The summed E-state index contributed by atoms with van der Waals surface area (Å²) in [5.41, 5.74) is 8.00. The average Bonchev–Trinajstić information content (AvgIpc) is 3.56. The Balaban J connectivity index is 1.09. The molecule has 6 rings (SSSR count). The molecule has 0 aliphatic carbocycles. The molecule has 8 nitrogen and oxygen atoms in total. The van der Waals surface area contributed by atoms with Crippen LogP contribution >= 0.6 is 0 Å². The van der Waals surface area contributed by atoms with Gasteiger partial charge in [-0.3, -0.25) is 4.79 Å². The van der Waals surface area contributed by atoms with Gasteiger partial charge in [0.05, 0.1) is 11.9 Å². The van der Waals surface area contributed by atoms with Crippen molar-refractivity contribution in [3.05, 3.63) is 162 Å². The molecular formula is C39H34N4O4. The van der Waals surface area contributed by atoms with E-state index < -0.39 is 6.10 Å². The van der Waals surface area contributed by atoms with Crippen LogP contribution in [0.4, 0.5) is 0 Å². The summed E-state index contributed by atoms with van der Waals surface area (Å²) >= 11 is 0. The number of hydrogen-bond donors (Lipinski definition) is 1. The second-order valence-corrected chi connectivity index (χ2v) is 10.8. The van der Waals surface area contributed by atoms with Crippen LogP contribution in [0.1, 0.15) is 23.6 Å². The molecular weight excluding hydrogens is 588 g/mol. The van der Waals surface area contributed by atoms with Crippen LogP contribution in [0.5, 0.6) is 17.2 Å². The predicted octanol–water partition coefficient (Wildman–Crippen LogP) is 7.61. The number of aromatic nitrogens is 2. The fourth-order valence-corrected chi connectivity index (χ4v) is 4.74. The van der Waals surface area contributed by atoms with Gasteiger partial charge in [0.15, 0.2) is 6.10 Å². The van der Waals surface area contributed by atoms with Crippen LogP contribution < -0.4 is 19.6 Å². The predicted molar refractivity (Wildman–Crippen MR) is 183 cm³/mol. The first-order valence-corrected chi connectivity index (χ1v) is 15.3. The van der Waals surface area contributed by atoms with Crippen LogP contribution in [0.3, 0.4) is 0 Å². The van der Waals surface area contributed by atoms with Crippen LogP contribution in [0.25, 0.3) is 16.9 Å². The number of nitrogens with one attached hydrogen (secondary N) is 1. The van der Waals surface area contributed by atoms with E-state index in [1.807, 2.05) is 134 Å². The monoisotopic (exact) mass is 622 g/mol. The number of amides is 1. The summed E-state index contributed by atoms with van der Waals surface area (Å²) < 4.78 is 19.4. The summed E-state index contributed by atoms with van der Waals surface area (Å²) in [4.78, 5) is 12.8. The second-order valence-electron chi connectivity index (χ2n) is 10.8. The van der Waals surface area contributed by atoms with Gasteiger partial charge >= 0.3 is 0 Å². The molecule has 5 aromatic carbocycles. The molecule has 1 amide bonds. The Kier molecular flexibility index (Phi) is 10.00. The van der Waals surface area contributed by atoms with Gasteiger partial charge < -0.3 is 14.2 Å². The Bertz CT molecular complexity index is 1890. The molecule has 0 saturated heterocycles. The van der Waals surface area contributed by atoms with E-state index in [9.17, 15) is 4.79 Å². The zero-order valence-electron chi connectivity index (χ0n) is 25.9. The molecule has 0 saturated carbocycles. The molecule has 234 valence electrons. The third kappa shape index (κ3) is 8.52. The Hall–Kier alpha value is -6.15. The number of hydrazone groups is 1. The van der Waals surface area contributed by atoms with Gasteiger partial charge in [0.2, 0.25) is 0 Å². The van der Waals surface area contributed by atoms with Crippen LogP contribution in [0.2, 0.25) is 0 Å². The highest BCUT2D eigenvalue weighted by Crippen LogP contribution is 2.26. The first-order chi connectivity index (χ1) is 23.1. The lowest BCUT2D eigenvalue weighted by molar-refractivity contribution is -0.127. The van der Waals surface area contributed by atoms with Crippen molar-refractivity contribution in [1.29, 1.82) is 0 Å². The number of para-hydroxylation sites is 1. The van der Waals surface area contributed by atoms with Crippen molar-refractivity contribution in [3.63, 3.8) is 0 Å². The summed E-state index contributed by atoms with van der Waals surface area (Å²) in [6.45, 7) is 2.63. The van der Waals surface area contributed by atoms with E-state index in [-0.39, 0.29) is 5.91 Å². The number of hydrogen-bond acceptors (Lipinski definition) is 6. The molecule has 1 unspecified atom stereocenters. The van der Waals surface area contributed by atoms with Crippen LogP contribution in [-0.4, -0.2) is 28.0 Å². The maximum atomic E-state index is 12.8. The molecule has 0 aliphatic rings. The third-order valence-electron chi connectivity index (χ3n) is 7.27. The molecule has 0 aliphatic heterocycles. The summed E-state index contributed by atoms with van der Waals surface area (Å²) in [5.74, 6) is 1.63. The third-order valence-corrected chi connectivity index (χ3v) is 7.27. The van der Waals surface area contributed by atoms with Gasteiger partial charge in [0.25, 0.3) is 5.91 Å². The zero-order valence-corrected chi connectivity index (χ0v) is 25.9. The number of benzene rings is 5. The van der Waals surface area contributed by atoms with E-state index in [0.717, 1.165) is 33.7 Å². The molecule has 1 aromatic heterocycles. The summed E-state index contributed by atoms with van der Waals surface area (Å²) in [7, 11) is 0. The number of carbonyl (C=O) groups is 1. The minimum atomic E-state index is -0.779. The van der Waals surface area contributed by atoms with Crippen molar-refractivity contribution in [1.82, 2.24) is 15.2 Å². The molecule has 0 fully saturated rings. The van der Waals surface area contributed by atoms with Crippen LogP contribution in [-0.2, 0) is 18.0 Å². The van der Waals surface area contributed by atoms with Gasteiger partial charge in [0, 0.05) is 17.3 Å². The minimum absolute atomic E-state index is 0.387. The molecule has 47 heavy (non-hydrogen) atoms. The molecule has 1 atom stereocenters. The van der Waals surface area contributed by atoms with E-state index in [0.29, 0.717) is 30.4 Å². The summed E-state index contributed by atoms with van der Waals surface area (Å²) in [6.07, 6.45) is 2.69. The lowest BCUT2D eigenvalue weighted by Crippen LogP contribution is -2.33. The first-order valence-electron chi connectivity index (χ1n) is 15.3. The van der Waals surface area contributed by atoms with Gasteiger partial charge in [-0.05, 0) is 78.7 Å². The lowest BCUT2D eigenvalue weighted by atomic mass is 10.1. The maximum Gasteiger partial charge on any atom is 0.280 e. The standard InChI is InChI=1S/C39H34N4O4/c1-29(47-37-23-21-36(22-24-37)46-28-31-13-7-3-8-14-31)39(44)41-40-25-33-26-43(34-15-9-4-10-16-34)42-38(33)32-17-19-35(20-18-32)45-27-30-11-5-2-6-12-30/h2-26,29H,27-28H2,1H3,(H,41,44). The molecule has 1 heterocycles. The minimum Gasteiger partial charge on any atom is -0.489 e. The SMILES string of the molecule is CC(Oc1ccc(OCc2ccccc2)cc1)C(=O)NN=Cc1cn(-c2ccccc2)nc1-c1ccc(OCc2ccccc2)cc1. The molecule has 6 aromatic rings. The van der Waals surface area contributed by atoms with E-state index in [1.54, 1.807) is 30.0 Å². The summed E-state index contributed by atoms with van der Waals surface area (Å²) in [6, 6.07) is 44.7. The lowest BCUT2D eigenvalue weighted by Gasteiger charge is -2.13. The van der Waals surface area contributed by atoms with Gasteiger partial charge in [-0.2, -0.15) is 10.2 Å². The Morgan fingerprint density at radius 3 is 1.81 bits per heavy atom. The normalized spacial score (nSPS) is 11.6. The highest BCUT2D eigenvalue weighted by atomic mass is 16.5. The van der Waals surface area contributed by atoms with Crippen molar-refractivity contribution in [2.45, 2.75) is 26.2 Å². The number of carbonyl (C=O) groups excluding carboxylic acids is 1. The van der Waals surface area contributed by atoms with E-state index in [4.69, 9.17) is 19.3 Å². The second kappa shape index (κ2) is 15.2. The molecule has 0 spiro atoms. The first kappa shape index (κ1) is 30.9. The Morgan fingerprint density at radius 1 is 0.723 bits per heavy atom. The molecule has 1 N–H and O–H groups in total. The molecule has 0 radical (unpaired) electrons. The quantitative estimate of drug-likeness (QED) is 0.106. The van der Waals surface area contributed by atoms with E-state index in [1.165, 1.54) is 0 Å². The van der Waals surface area contributed by atoms with Gasteiger partial charge in [0.1, 0.15) is 36.2 Å². The summed E-state index contributed by atoms with van der Waals surface area (Å²) in [5, 5.41) is 9.08. The van der Waals surface area contributed by atoms with Gasteiger partial charge in [-0.15, -0.1) is 0 Å². The highest BCUT2D eigenvalue weighted by molar-refractivity contribution is 5.90. The fourth-order valence-electron chi connectivity index (χ4n) is 4.74. The number of nitrogens with zero attached hydrogens (tertiary/aromatic N) is 3. The maximum absolute atomic E-state index is 12.8. The van der Waals surface area contributed by atoms with Crippen molar-refractivity contribution < 1.29 is 19.0 Å². The van der Waals surface area contributed by atoms with Crippen LogP contribution in [0, 0.1) is 0 Å².